The fourth-order valence-electron chi connectivity index (χ4n) is 3.14. The molecule has 0 radical (unpaired) electrons. The number of nitrogens with zero attached hydrogens (tertiary/aromatic N) is 1. The van der Waals surface area contributed by atoms with Crippen LogP contribution in [0.3, 0.4) is 0 Å². The summed E-state index contributed by atoms with van der Waals surface area (Å²) in [6, 6.07) is 18.2. The van der Waals surface area contributed by atoms with Gasteiger partial charge in [-0.25, -0.2) is 0 Å². The molecule has 4 heteroatoms. The molecule has 1 fully saturated rings. The van der Waals surface area contributed by atoms with Gasteiger partial charge < -0.3 is 15.0 Å². The first kappa shape index (κ1) is 16.7. The number of ether oxygens (including phenoxy) is 1. The van der Waals surface area contributed by atoms with Crippen molar-refractivity contribution in [3.8, 4) is 11.1 Å². The topological polar surface area (TPSA) is 41.6 Å². The van der Waals surface area contributed by atoms with Crippen molar-refractivity contribution in [1.29, 1.82) is 0 Å². The highest BCUT2D eigenvalue weighted by molar-refractivity contribution is 5.82. The van der Waals surface area contributed by atoms with Gasteiger partial charge in [0.1, 0.15) is 6.04 Å². The second-order valence-electron chi connectivity index (χ2n) is 6.23. The van der Waals surface area contributed by atoms with E-state index in [-0.39, 0.29) is 18.1 Å². The van der Waals surface area contributed by atoms with Crippen molar-refractivity contribution < 1.29 is 9.53 Å². The molecule has 0 saturated carbocycles. The Hall–Kier alpha value is -2.17. The predicted molar refractivity (Wildman–Crippen MR) is 95.6 cm³/mol. The highest BCUT2D eigenvalue weighted by Crippen LogP contribution is 2.24. The Kier molecular flexibility index (Phi) is 5.28. The lowest BCUT2D eigenvalue weighted by atomic mass is 9.99. The normalized spacial score (nSPS) is 20.6. The monoisotopic (exact) mass is 324 g/mol. The van der Waals surface area contributed by atoms with E-state index in [1.54, 1.807) is 4.90 Å². The molecule has 1 aliphatic heterocycles. The van der Waals surface area contributed by atoms with Crippen molar-refractivity contribution in [2.75, 3.05) is 20.2 Å². The first-order chi connectivity index (χ1) is 11.7. The predicted octanol–water partition coefficient (Wildman–Crippen LogP) is 2.69. The number of amides is 1. The summed E-state index contributed by atoms with van der Waals surface area (Å²) in [5, 5.41) is 3.27. The van der Waals surface area contributed by atoms with E-state index in [1.165, 1.54) is 11.1 Å². The Morgan fingerprint density at radius 1 is 1.17 bits per heavy atom. The van der Waals surface area contributed by atoms with Gasteiger partial charge in [-0.05, 0) is 23.6 Å². The summed E-state index contributed by atoms with van der Waals surface area (Å²) < 4.78 is 5.59. The third-order valence-electron chi connectivity index (χ3n) is 4.47. The van der Waals surface area contributed by atoms with Crippen LogP contribution in [0.5, 0.6) is 0 Å². The molecular formula is C20H24N2O2. The minimum absolute atomic E-state index is 0.0741. The Labute approximate surface area is 143 Å². The van der Waals surface area contributed by atoms with Crippen LogP contribution in [0.1, 0.15) is 12.5 Å². The molecule has 2 atom stereocenters. The Bertz CT molecular complexity index is 687. The van der Waals surface area contributed by atoms with E-state index < -0.39 is 0 Å². The quantitative estimate of drug-likeness (QED) is 0.940. The van der Waals surface area contributed by atoms with Crippen LogP contribution in [0.15, 0.2) is 54.6 Å². The second kappa shape index (κ2) is 7.60. The van der Waals surface area contributed by atoms with Crippen LogP contribution in [0.2, 0.25) is 0 Å². The minimum Gasteiger partial charge on any atom is -0.375 e. The summed E-state index contributed by atoms with van der Waals surface area (Å²) in [7, 11) is 1.85. The summed E-state index contributed by atoms with van der Waals surface area (Å²) >= 11 is 0. The Balaban J connectivity index is 1.77. The number of carbonyl (C=O) groups is 1. The molecule has 2 aromatic carbocycles. The molecule has 2 aromatic rings. The van der Waals surface area contributed by atoms with Gasteiger partial charge in [0.15, 0.2) is 0 Å². The summed E-state index contributed by atoms with van der Waals surface area (Å²) in [6.07, 6.45) is -0.0990. The van der Waals surface area contributed by atoms with Gasteiger partial charge in [-0.2, -0.15) is 0 Å². The van der Waals surface area contributed by atoms with Gasteiger partial charge in [-0.1, -0.05) is 54.6 Å². The van der Waals surface area contributed by atoms with Crippen LogP contribution in [0.4, 0.5) is 0 Å². The maximum Gasteiger partial charge on any atom is 0.242 e. The molecular weight excluding hydrogens is 300 g/mol. The van der Waals surface area contributed by atoms with Gasteiger partial charge in [0, 0.05) is 20.1 Å². The zero-order valence-corrected chi connectivity index (χ0v) is 14.2. The third kappa shape index (κ3) is 3.66. The lowest BCUT2D eigenvalue weighted by Crippen LogP contribution is -2.55. The maximum absolute atomic E-state index is 12.7. The van der Waals surface area contributed by atoms with Crippen molar-refractivity contribution in [1.82, 2.24) is 10.2 Å². The zero-order valence-electron chi connectivity index (χ0n) is 14.2. The van der Waals surface area contributed by atoms with Crippen LogP contribution >= 0.6 is 0 Å². The van der Waals surface area contributed by atoms with Crippen LogP contribution < -0.4 is 5.32 Å². The largest absolute Gasteiger partial charge is 0.375 e. The van der Waals surface area contributed by atoms with Crippen molar-refractivity contribution in [2.24, 2.45) is 0 Å². The highest BCUT2D eigenvalue weighted by Gasteiger charge is 2.30. The number of benzene rings is 2. The number of likely N-dealkylation sites (N-methyl/N-ethyl adjacent to an activating group) is 1. The van der Waals surface area contributed by atoms with Crippen molar-refractivity contribution >= 4 is 5.91 Å². The standard InChI is InChI=1S/C20H24N2O2/c1-15-19(21-12-13-24-15)20(23)22(2)14-17-10-6-7-11-18(17)16-8-4-3-5-9-16/h3-11,15,19,21H,12-14H2,1-2H3/t15-,19+/m1/s1. The van der Waals surface area contributed by atoms with Crippen LogP contribution in [0.25, 0.3) is 11.1 Å². The number of hydrogen-bond donors (Lipinski definition) is 1. The van der Waals surface area contributed by atoms with Crippen LogP contribution in [-0.4, -0.2) is 43.2 Å². The average Bonchev–Trinajstić information content (AvgIpc) is 2.63. The molecule has 1 amide bonds. The SMILES string of the molecule is C[C@H]1OCCN[C@@H]1C(=O)N(C)Cc1ccccc1-c1ccccc1. The van der Waals surface area contributed by atoms with E-state index in [4.69, 9.17) is 4.74 Å². The van der Waals surface area contributed by atoms with Gasteiger partial charge in [0.2, 0.25) is 5.91 Å². The first-order valence-electron chi connectivity index (χ1n) is 8.40. The molecule has 0 unspecified atom stereocenters. The lowest BCUT2D eigenvalue weighted by molar-refractivity contribution is -0.138. The number of rotatable bonds is 4. The van der Waals surface area contributed by atoms with Gasteiger partial charge in [0.05, 0.1) is 12.7 Å². The van der Waals surface area contributed by atoms with Crippen LogP contribution in [-0.2, 0) is 16.1 Å². The molecule has 0 aliphatic carbocycles. The highest BCUT2D eigenvalue weighted by atomic mass is 16.5. The third-order valence-corrected chi connectivity index (χ3v) is 4.47. The molecule has 1 aliphatic rings. The Morgan fingerprint density at radius 2 is 1.88 bits per heavy atom. The number of carbonyl (C=O) groups excluding carboxylic acids is 1. The number of nitrogens with one attached hydrogen (secondary N) is 1. The zero-order chi connectivity index (χ0) is 16.9. The van der Waals surface area contributed by atoms with Crippen molar-refractivity contribution in [3.05, 3.63) is 60.2 Å². The van der Waals surface area contributed by atoms with Gasteiger partial charge in [-0.15, -0.1) is 0 Å². The van der Waals surface area contributed by atoms with Gasteiger partial charge in [-0.3, -0.25) is 4.79 Å². The molecule has 1 N–H and O–H groups in total. The molecule has 24 heavy (non-hydrogen) atoms. The maximum atomic E-state index is 12.7. The molecule has 126 valence electrons. The molecule has 0 spiro atoms. The van der Waals surface area contributed by atoms with Gasteiger partial charge >= 0.3 is 0 Å². The Morgan fingerprint density at radius 3 is 2.62 bits per heavy atom. The number of hydrogen-bond acceptors (Lipinski definition) is 3. The minimum atomic E-state index is -0.271. The second-order valence-corrected chi connectivity index (χ2v) is 6.23. The van der Waals surface area contributed by atoms with E-state index in [1.807, 2.05) is 44.3 Å². The van der Waals surface area contributed by atoms with E-state index in [2.05, 4.69) is 29.6 Å². The van der Waals surface area contributed by atoms with E-state index >= 15 is 0 Å². The van der Waals surface area contributed by atoms with Gasteiger partial charge in [0.25, 0.3) is 0 Å². The molecule has 1 saturated heterocycles. The van der Waals surface area contributed by atoms with Crippen molar-refractivity contribution in [2.45, 2.75) is 25.6 Å². The fraction of sp³-hybridized carbons (Fsp3) is 0.350. The molecule has 0 aromatic heterocycles. The van der Waals surface area contributed by atoms with Crippen LogP contribution in [0, 0.1) is 0 Å². The summed E-state index contributed by atoms with van der Waals surface area (Å²) in [5.41, 5.74) is 3.48. The number of morpholine rings is 1. The van der Waals surface area contributed by atoms with E-state index in [9.17, 15) is 4.79 Å². The smallest absolute Gasteiger partial charge is 0.242 e. The summed E-state index contributed by atoms with van der Waals surface area (Å²) in [6.45, 7) is 3.90. The lowest BCUT2D eigenvalue weighted by Gasteiger charge is -2.32. The van der Waals surface area contributed by atoms with Crippen molar-refractivity contribution in [3.63, 3.8) is 0 Å². The first-order valence-corrected chi connectivity index (χ1v) is 8.40. The van der Waals surface area contributed by atoms with E-state index in [0.29, 0.717) is 13.2 Å². The van der Waals surface area contributed by atoms with E-state index in [0.717, 1.165) is 12.1 Å². The molecule has 0 bridgehead atoms. The summed E-state index contributed by atoms with van der Waals surface area (Å²) in [4.78, 5) is 14.5. The molecule has 3 rings (SSSR count). The summed E-state index contributed by atoms with van der Waals surface area (Å²) in [5.74, 6) is 0.0741. The fourth-order valence-corrected chi connectivity index (χ4v) is 3.14. The average molecular weight is 324 g/mol. The molecule has 4 nitrogen and oxygen atoms in total. The molecule has 1 heterocycles.